The molecule has 0 amide bonds. The van der Waals surface area contributed by atoms with E-state index in [-0.39, 0.29) is 0 Å². The van der Waals surface area contributed by atoms with E-state index < -0.39 is 0 Å². The fourth-order valence-electron chi connectivity index (χ4n) is 4.27. The molecule has 0 saturated carbocycles. The van der Waals surface area contributed by atoms with Crippen LogP contribution in [0.25, 0.3) is 0 Å². The zero-order chi connectivity index (χ0) is 23.3. The summed E-state index contributed by atoms with van der Waals surface area (Å²) in [5.41, 5.74) is 4.33. The molecule has 1 N–H and O–H groups in total. The van der Waals surface area contributed by atoms with E-state index in [1.54, 1.807) is 0 Å². The Hall–Kier alpha value is -3.52. The van der Waals surface area contributed by atoms with Crippen molar-refractivity contribution in [2.75, 3.05) is 38.3 Å². The van der Waals surface area contributed by atoms with Crippen LogP contribution in [0.2, 0.25) is 0 Å². The lowest BCUT2D eigenvalue weighted by Crippen LogP contribution is -2.31. The Bertz CT molecular complexity index is 1150. The molecule has 0 atom stereocenters. The highest BCUT2D eigenvalue weighted by Crippen LogP contribution is 2.33. The molecule has 0 spiro atoms. The Kier molecular flexibility index (Phi) is 6.67. The van der Waals surface area contributed by atoms with Crippen molar-refractivity contribution in [3.63, 3.8) is 0 Å². The van der Waals surface area contributed by atoms with Crippen LogP contribution in [0, 0.1) is 0 Å². The van der Waals surface area contributed by atoms with E-state index in [1.807, 2.05) is 44.3 Å². The molecular formula is C26H30N4O4. The van der Waals surface area contributed by atoms with Crippen LogP contribution in [-0.2, 0) is 19.5 Å². The van der Waals surface area contributed by atoms with Crippen LogP contribution >= 0.6 is 0 Å². The number of ether oxygens (including phenoxy) is 4. The Balaban J connectivity index is 1.24. The Labute approximate surface area is 199 Å². The van der Waals surface area contributed by atoms with Crippen LogP contribution in [0.15, 0.2) is 42.6 Å². The van der Waals surface area contributed by atoms with Gasteiger partial charge in [0.2, 0.25) is 5.95 Å². The molecule has 0 unspecified atom stereocenters. The second-order valence-electron chi connectivity index (χ2n) is 8.26. The average Bonchev–Trinajstić information content (AvgIpc) is 2.86. The molecule has 2 aromatic carbocycles. The van der Waals surface area contributed by atoms with E-state index in [9.17, 15) is 0 Å². The number of anilines is 2. The third kappa shape index (κ3) is 5.02. The van der Waals surface area contributed by atoms with Crippen molar-refractivity contribution in [3.05, 3.63) is 59.4 Å². The second kappa shape index (κ2) is 10.2. The van der Waals surface area contributed by atoms with Crippen molar-refractivity contribution >= 4 is 11.6 Å². The molecule has 34 heavy (non-hydrogen) atoms. The maximum absolute atomic E-state index is 5.78. The van der Waals surface area contributed by atoms with Gasteiger partial charge in [-0.2, -0.15) is 0 Å². The summed E-state index contributed by atoms with van der Waals surface area (Å²) >= 11 is 0. The first kappa shape index (κ1) is 22.3. The summed E-state index contributed by atoms with van der Waals surface area (Å²) < 4.78 is 22.7. The quantitative estimate of drug-likeness (QED) is 0.530. The first-order valence-electron chi connectivity index (χ1n) is 11.8. The highest BCUT2D eigenvalue weighted by molar-refractivity contribution is 5.60. The molecule has 0 saturated heterocycles. The molecule has 0 aliphatic carbocycles. The smallest absolute Gasteiger partial charge is 0.227 e. The average molecular weight is 463 g/mol. The summed E-state index contributed by atoms with van der Waals surface area (Å²) in [5, 5.41) is 3.29. The topological polar surface area (TPSA) is 78.0 Å². The molecule has 5 rings (SSSR count). The summed E-state index contributed by atoms with van der Waals surface area (Å²) in [5.74, 6) is 3.70. The van der Waals surface area contributed by atoms with Gasteiger partial charge in [-0.05, 0) is 43.7 Å². The molecule has 3 aromatic rings. The molecule has 3 heterocycles. The predicted octanol–water partition coefficient (Wildman–Crippen LogP) is 4.35. The van der Waals surface area contributed by atoms with Crippen LogP contribution in [0.4, 0.5) is 11.6 Å². The van der Waals surface area contributed by atoms with E-state index in [0.29, 0.717) is 32.4 Å². The highest BCUT2D eigenvalue weighted by atomic mass is 16.6. The third-order valence-electron chi connectivity index (χ3n) is 5.83. The van der Waals surface area contributed by atoms with Crippen LogP contribution < -0.4 is 24.3 Å². The minimum absolute atomic E-state index is 0.561. The second-order valence-corrected chi connectivity index (χ2v) is 8.26. The third-order valence-corrected chi connectivity index (χ3v) is 5.83. The Morgan fingerprint density at radius 1 is 0.971 bits per heavy atom. The molecule has 0 fully saturated rings. The van der Waals surface area contributed by atoms with Gasteiger partial charge >= 0.3 is 0 Å². The first-order chi connectivity index (χ1) is 16.7. The highest BCUT2D eigenvalue weighted by Gasteiger charge is 2.20. The van der Waals surface area contributed by atoms with Crippen LogP contribution in [0.5, 0.6) is 23.0 Å². The molecule has 8 heteroatoms. The van der Waals surface area contributed by atoms with E-state index >= 15 is 0 Å². The Morgan fingerprint density at radius 3 is 2.65 bits per heavy atom. The molecule has 2 aliphatic rings. The fraction of sp³-hybridized carbons (Fsp3) is 0.385. The molecule has 2 aliphatic heterocycles. The maximum atomic E-state index is 5.78. The normalized spacial score (nSPS) is 14.9. The van der Waals surface area contributed by atoms with Gasteiger partial charge in [-0.3, -0.25) is 4.90 Å². The van der Waals surface area contributed by atoms with Gasteiger partial charge < -0.3 is 24.3 Å². The molecule has 0 bridgehead atoms. The van der Waals surface area contributed by atoms with E-state index in [1.165, 1.54) is 5.56 Å². The van der Waals surface area contributed by atoms with E-state index in [4.69, 9.17) is 23.9 Å². The first-order valence-corrected chi connectivity index (χ1v) is 11.8. The molecule has 1 aromatic heterocycles. The summed E-state index contributed by atoms with van der Waals surface area (Å²) in [6, 6.07) is 12.0. The van der Waals surface area contributed by atoms with Gasteiger partial charge in [0.1, 0.15) is 13.2 Å². The van der Waals surface area contributed by atoms with Gasteiger partial charge in [-0.25, -0.2) is 9.97 Å². The maximum Gasteiger partial charge on any atom is 0.227 e. The van der Waals surface area contributed by atoms with Crippen molar-refractivity contribution < 1.29 is 18.9 Å². The summed E-state index contributed by atoms with van der Waals surface area (Å²) in [6.07, 6.45) is 2.81. The minimum Gasteiger partial charge on any atom is -0.490 e. The summed E-state index contributed by atoms with van der Waals surface area (Å²) in [4.78, 5) is 11.7. The SMILES string of the molecule is CCOc1ccc(CN2CCc3nc(Nc4ccc5c(c4)OCCO5)ncc3C2)cc1OCC. The molecule has 0 radical (unpaired) electrons. The Morgan fingerprint density at radius 2 is 1.79 bits per heavy atom. The molecule has 8 nitrogen and oxygen atoms in total. The summed E-state index contributed by atoms with van der Waals surface area (Å²) in [7, 11) is 0. The zero-order valence-electron chi connectivity index (χ0n) is 19.7. The van der Waals surface area contributed by atoms with Crippen molar-refractivity contribution in [1.29, 1.82) is 0 Å². The monoisotopic (exact) mass is 462 g/mol. The summed E-state index contributed by atoms with van der Waals surface area (Å²) in [6.45, 7) is 8.93. The minimum atomic E-state index is 0.561. The van der Waals surface area contributed by atoms with E-state index in [0.717, 1.165) is 66.0 Å². The van der Waals surface area contributed by atoms with Gasteiger partial charge in [0.05, 0.1) is 18.9 Å². The number of nitrogens with one attached hydrogen (secondary N) is 1. The van der Waals surface area contributed by atoms with Crippen LogP contribution in [-0.4, -0.2) is 47.8 Å². The lowest BCUT2D eigenvalue weighted by atomic mass is 10.1. The van der Waals surface area contributed by atoms with Crippen molar-refractivity contribution in [1.82, 2.24) is 14.9 Å². The van der Waals surface area contributed by atoms with Crippen molar-refractivity contribution in [2.24, 2.45) is 0 Å². The van der Waals surface area contributed by atoms with Gasteiger partial charge in [0, 0.05) is 49.6 Å². The standard InChI is InChI=1S/C26H30N4O4/c1-3-31-22-7-5-18(13-24(22)32-4-2)16-30-10-9-21-19(17-30)15-27-26(29-21)28-20-6-8-23-25(14-20)34-12-11-33-23/h5-8,13-15H,3-4,9-12,16-17H2,1-2H3,(H,27,28,29). The van der Waals surface area contributed by atoms with E-state index in [2.05, 4.69) is 27.3 Å². The predicted molar refractivity (Wildman–Crippen MR) is 129 cm³/mol. The van der Waals surface area contributed by atoms with Crippen LogP contribution in [0.3, 0.4) is 0 Å². The number of rotatable bonds is 8. The van der Waals surface area contributed by atoms with Crippen LogP contribution in [0.1, 0.15) is 30.7 Å². The van der Waals surface area contributed by atoms with Gasteiger partial charge in [0.25, 0.3) is 0 Å². The fourth-order valence-corrected chi connectivity index (χ4v) is 4.27. The van der Waals surface area contributed by atoms with Gasteiger partial charge in [-0.15, -0.1) is 0 Å². The molecular weight excluding hydrogens is 432 g/mol. The number of aromatic nitrogens is 2. The lowest BCUT2D eigenvalue weighted by molar-refractivity contribution is 0.171. The number of hydrogen-bond acceptors (Lipinski definition) is 8. The largest absolute Gasteiger partial charge is 0.490 e. The number of benzene rings is 2. The van der Waals surface area contributed by atoms with Gasteiger partial charge in [-0.1, -0.05) is 6.07 Å². The van der Waals surface area contributed by atoms with Crippen molar-refractivity contribution in [2.45, 2.75) is 33.4 Å². The number of nitrogens with zero attached hydrogens (tertiary/aromatic N) is 3. The lowest BCUT2D eigenvalue weighted by Gasteiger charge is -2.28. The zero-order valence-corrected chi connectivity index (χ0v) is 19.7. The molecule has 178 valence electrons. The van der Waals surface area contributed by atoms with Crippen molar-refractivity contribution in [3.8, 4) is 23.0 Å². The number of fused-ring (bicyclic) bond motifs is 2. The van der Waals surface area contributed by atoms with Gasteiger partial charge in [0.15, 0.2) is 23.0 Å². The number of hydrogen-bond donors (Lipinski definition) is 1.